The van der Waals surface area contributed by atoms with Crippen LogP contribution in [0.2, 0.25) is 0 Å². The molecule has 2 heterocycles. The number of hydrogen-bond donors (Lipinski definition) is 6. The minimum atomic E-state index is -5.06. The minimum Gasteiger partial charge on any atom is -0.394 e. The van der Waals surface area contributed by atoms with E-state index in [9.17, 15) is 29.5 Å². The summed E-state index contributed by atoms with van der Waals surface area (Å²) in [6, 6.07) is 3.39. The summed E-state index contributed by atoms with van der Waals surface area (Å²) in [6.07, 6.45) is -5.46. The summed E-state index contributed by atoms with van der Waals surface area (Å²) in [5, 5.41) is 30.1. The number of benzene rings is 1. The first kappa shape index (κ1) is 23.2. The van der Waals surface area contributed by atoms with Crippen LogP contribution < -0.4 is 11.2 Å². The van der Waals surface area contributed by atoms with Crippen molar-refractivity contribution >= 4 is 18.9 Å². The maximum atomic E-state index is 12.3. The minimum absolute atomic E-state index is 0.160. The Labute approximate surface area is 174 Å². The number of H-pyrrole nitrogens is 1. The summed E-state index contributed by atoms with van der Waals surface area (Å²) in [5.41, 5.74) is 0.530. The third-order valence-electron chi connectivity index (χ3n) is 4.82. The summed E-state index contributed by atoms with van der Waals surface area (Å²) >= 11 is 0. The summed E-state index contributed by atoms with van der Waals surface area (Å²) in [7, 11) is -5.06. The van der Waals surface area contributed by atoms with Crippen LogP contribution in [0.1, 0.15) is 11.1 Å². The first-order valence-electron chi connectivity index (χ1n) is 9.04. The second-order valence-electron chi connectivity index (χ2n) is 7.07. The van der Waals surface area contributed by atoms with Crippen molar-refractivity contribution in [1.29, 1.82) is 0 Å². The van der Waals surface area contributed by atoms with Crippen molar-refractivity contribution < 1.29 is 34.2 Å². The molecule has 6 N–H and O–H groups in total. The Balaban J connectivity index is 2.15. The summed E-state index contributed by atoms with van der Waals surface area (Å²) in [5.74, 6) is -0.160. The quantitative estimate of drug-likeness (QED) is 0.176. The Morgan fingerprint density at radius 1 is 1.16 bits per heavy atom. The van der Waals surface area contributed by atoms with E-state index >= 15 is 0 Å². The predicted molar refractivity (Wildman–Crippen MR) is 107 cm³/mol. The molecule has 0 radical (unpaired) electrons. The van der Waals surface area contributed by atoms with Crippen LogP contribution in [0.25, 0.3) is 22.6 Å². The van der Waals surface area contributed by atoms with Crippen LogP contribution in [0.3, 0.4) is 0 Å². The van der Waals surface area contributed by atoms with E-state index in [-0.39, 0.29) is 11.5 Å². The van der Waals surface area contributed by atoms with E-state index in [2.05, 4.69) is 14.5 Å². The zero-order valence-electron chi connectivity index (χ0n) is 16.5. The zero-order chi connectivity index (χ0) is 23.1. The molecule has 2 aliphatic heterocycles. The highest BCUT2D eigenvalue weighted by Crippen LogP contribution is 2.38. The molecule has 2 aliphatic rings. The topological polar surface area (TPSA) is 208 Å². The van der Waals surface area contributed by atoms with Crippen LogP contribution >= 0.6 is 7.82 Å². The van der Waals surface area contributed by atoms with Crippen LogP contribution in [-0.4, -0.2) is 69.5 Å². The van der Waals surface area contributed by atoms with Crippen molar-refractivity contribution in [3.05, 3.63) is 44.1 Å². The van der Waals surface area contributed by atoms with E-state index in [1.807, 2.05) is 18.8 Å². The van der Waals surface area contributed by atoms with Crippen molar-refractivity contribution in [2.24, 2.45) is 0 Å². The molecule has 0 bridgehead atoms. The number of hydrogen-bond acceptors (Lipinski definition) is 9. The second-order valence-corrected chi connectivity index (χ2v) is 8.26. The maximum absolute atomic E-state index is 12.3. The van der Waals surface area contributed by atoms with Crippen LogP contribution in [-0.2, 0) is 15.6 Å². The van der Waals surface area contributed by atoms with Gasteiger partial charge >= 0.3 is 13.5 Å². The molecule has 1 aromatic carbocycles. The lowest BCUT2D eigenvalue weighted by molar-refractivity contribution is -0.0773. The lowest BCUT2D eigenvalue weighted by Gasteiger charge is -2.27. The molecule has 168 valence electrons. The highest BCUT2D eigenvalue weighted by atomic mass is 31.2. The monoisotopic (exact) mass is 456 g/mol. The third-order valence-corrected chi connectivity index (χ3v) is 5.37. The fourth-order valence-electron chi connectivity index (χ4n) is 3.16. The fourth-order valence-corrected chi connectivity index (χ4v) is 3.70. The molecular weight excluding hydrogens is 435 g/mol. The van der Waals surface area contributed by atoms with E-state index in [1.54, 1.807) is 12.1 Å². The van der Waals surface area contributed by atoms with Gasteiger partial charge in [-0.3, -0.25) is 14.3 Å². The van der Waals surface area contributed by atoms with Crippen LogP contribution in [0.4, 0.5) is 0 Å². The number of aromatic amines is 1. The summed E-state index contributed by atoms with van der Waals surface area (Å²) < 4.78 is 16.7. The maximum Gasteiger partial charge on any atom is 0.470 e. The molecule has 0 aliphatic carbocycles. The van der Waals surface area contributed by atoms with Gasteiger partial charge in [-0.2, -0.15) is 4.98 Å². The van der Waals surface area contributed by atoms with Gasteiger partial charge in [-0.15, -0.1) is 0 Å². The Hall–Kier alpha value is -2.51. The van der Waals surface area contributed by atoms with Gasteiger partial charge in [0, 0.05) is 0 Å². The Kier molecular flexibility index (Phi) is 6.39. The van der Waals surface area contributed by atoms with Gasteiger partial charge in [-0.05, 0) is 37.1 Å². The number of aryl methyl sites for hydroxylation is 2. The number of aliphatic hydroxyl groups is 3. The zero-order valence-corrected chi connectivity index (χ0v) is 17.4. The van der Waals surface area contributed by atoms with E-state index in [0.29, 0.717) is 11.0 Å². The van der Waals surface area contributed by atoms with Gasteiger partial charge in [-0.1, -0.05) is 0 Å². The van der Waals surface area contributed by atoms with Crippen LogP contribution in [0.5, 0.6) is 0 Å². The number of fused-ring (bicyclic) bond motifs is 2. The average Bonchev–Trinajstić information content (AvgIpc) is 2.66. The molecule has 0 saturated heterocycles. The number of nitrogens with zero attached hydrogens (tertiary/aromatic N) is 3. The normalized spacial score (nSPS) is 15.3. The second kappa shape index (κ2) is 8.55. The highest BCUT2D eigenvalue weighted by Gasteiger charge is 2.33. The van der Waals surface area contributed by atoms with Crippen molar-refractivity contribution in [2.75, 3.05) is 6.61 Å². The van der Waals surface area contributed by atoms with E-state index in [0.717, 1.165) is 11.1 Å². The molecule has 13 nitrogen and oxygen atoms in total. The average molecular weight is 456 g/mol. The molecule has 14 heteroatoms. The van der Waals surface area contributed by atoms with Gasteiger partial charge in [0.15, 0.2) is 11.5 Å². The molecule has 3 atom stereocenters. The number of aromatic nitrogens is 4. The van der Waals surface area contributed by atoms with Crippen molar-refractivity contribution in [2.45, 2.75) is 38.7 Å². The fraction of sp³-hybridized carbons (Fsp3) is 0.412. The molecule has 3 unspecified atom stereocenters. The van der Waals surface area contributed by atoms with Gasteiger partial charge < -0.3 is 29.7 Å². The highest BCUT2D eigenvalue weighted by molar-refractivity contribution is 7.46. The molecule has 31 heavy (non-hydrogen) atoms. The number of phosphoric acid groups is 1. The summed E-state index contributed by atoms with van der Waals surface area (Å²) in [6.45, 7) is 2.19. The van der Waals surface area contributed by atoms with E-state index < -0.39 is 50.5 Å². The Morgan fingerprint density at radius 2 is 1.81 bits per heavy atom. The molecular formula is C17H21N4O9P. The first-order chi connectivity index (χ1) is 14.4. The molecule has 0 fully saturated rings. The third kappa shape index (κ3) is 4.88. The van der Waals surface area contributed by atoms with Crippen molar-refractivity contribution in [1.82, 2.24) is 19.5 Å². The van der Waals surface area contributed by atoms with Gasteiger partial charge in [0.25, 0.3) is 5.56 Å². The summed E-state index contributed by atoms with van der Waals surface area (Å²) in [4.78, 5) is 51.9. The van der Waals surface area contributed by atoms with Gasteiger partial charge in [0.1, 0.15) is 18.3 Å². The Bertz CT molecular complexity index is 1250. The van der Waals surface area contributed by atoms with Gasteiger partial charge in [0.2, 0.25) is 0 Å². The van der Waals surface area contributed by atoms with Crippen molar-refractivity contribution in [3.8, 4) is 11.5 Å². The largest absolute Gasteiger partial charge is 0.470 e. The number of phosphoric ester groups is 1. The van der Waals surface area contributed by atoms with E-state index in [1.165, 1.54) is 4.57 Å². The number of aliphatic hydroxyl groups excluding tert-OH is 3. The van der Waals surface area contributed by atoms with Crippen LogP contribution in [0.15, 0.2) is 21.7 Å². The molecule has 0 aromatic heterocycles. The number of rotatable bonds is 7. The van der Waals surface area contributed by atoms with Gasteiger partial charge in [-0.25, -0.2) is 14.3 Å². The first-order valence-corrected chi connectivity index (χ1v) is 10.6. The standard InChI is InChI=1S/C17H21N4O9P/c1-7-3-9-10(4-8(7)2)21(15-13(18-9)16(25)20-17(26)19-15)5-11(23)14(24)12(6-22)30-31(27,28)29/h3-4,11-12,14,22-24H,5-6H2,1-2H3,(H,20,25,26)(H2,27,28,29). The SMILES string of the molecule is Cc1cc2nc3c(=O)[nH]c(=O)nc-3n(CC(O)C(O)C(CO)OP(=O)(O)O)c2cc1C. The lowest BCUT2D eigenvalue weighted by atomic mass is 10.1. The smallest absolute Gasteiger partial charge is 0.394 e. The molecule has 1 aromatic rings. The van der Waals surface area contributed by atoms with Crippen molar-refractivity contribution in [3.63, 3.8) is 0 Å². The molecule has 3 rings (SSSR count). The molecule has 0 amide bonds. The molecule has 0 spiro atoms. The van der Waals surface area contributed by atoms with Gasteiger partial charge in [0.05, 0.1) is 24.2 Å². The predicted octanol–water partition coefficient (Wildman–Crippen LogP) is -1.61. The van der Waals surface area contributed by atoms with E-state index in [4.69, 9.17) is 9.79 Å². The number of nitrogens with one attached hydrogen (secondary N) is 1. The van der Waals surface area contributed by atoms with Crippen LogP contribution in [0, 0.1) is 13.8 Å². The Morgan fingerprint density at radius 3 is 2.42 bits per heavy atom. The lowest BCUT2D eigenvalue weighted by Crippen LogP contribution is -2.43. The molecule has 0 saturated carbocycles.